The summed E-state index contributed by atoms with van der Waals surface area (Å²) in [5.41, 5.74) is 10.4. The molecule has 0 radical (unpaired) electrons. The Morgan fingerprint density at radius 1 is 0.962 bits per heavy atom. The zero-order chi connectivity index (χ0) is 36.6. The lowest BCUT2D eigenvalue weighted by molar-refractivity contribution is -0.123. The average Bonchev–Trinajstić information content (AvgIpc) is 3.14. The molecule has 276 valence electrons. The summed E-state index contributed by atoms with van der Waals surface area (Å²) in [5.74, 6) is -1.43. The van der Waals surface area contributed by atoms with Crippen LogP contribution in [0.4, 0.5) is 20.3 Å². The van der Waals surface area contributed by atoms with Crippen LogP contribution in [-0.4, -0.2) is 100.0 Å². The molecule has 3 aliphatic rings. The second-order valence-electron chi connectivity index (χ2n) is 13.9. The standard InChI is InChI=1S/C39H47F2IN8O2/c1-48-17-19-49(20-18-48)16-15-26-5-7-27(8-6-26)28-3-2-4-33(21-28)45-37-34(22-30(41)23-44-37)38(51)46-31-10-12-32(13-11-31)47-39(52)35(43)25-50-24-29(40)9-14-36(50)42/h2-9,14,21-24,31-32,35-36H,10-13,15-20,25,43H2,1H3,(H,44,45)(H,46,51)(H,47,52). The number of nitrogens with zero attached hydrogens (tertiary/aromatic N) is 4. The summed E-state index contributed by atoms with van der Waals surface area (Å²) in [6, 6.07) is 16.6. The van der Waals surface area contributed by atoms with Crippen LogP contribution in [0.1, 0.15) is 41.6 Å². The highest BCUT2D eigenvalue weighted by atomic mass is 127. The van der Waals surface area contributed by atoms with E-state index in [0.717, 1.165) is 62.2 Å². The number of nitrogens with two attached hydrogens (primary N) is 1. The van der Waals surface area contributed by atoms with Gasteiger partial charge in [0.05, 0.1) is 15.8 Å². The Balaban J connectivity index is 1.00. The van der Waals surface area contributed by atoms with Crippen molar-refractivity contribution >= 4 is 45.9 Å². The molecule has 5 N–H and O–H groups in total. The lowest BCUT2D eigenvalue weighted by Gasteiger charge is -2.32. The van der Waals surface area contributed by atoms with E-state index in [1.165, 1.54) is 23.9 Å². The van der Waals surface area contributed by atoms with Crippen molar-refractivity contribution in [2.45, 2.75) is 54.3 Å². The minimum atomic E-state index is -0.819. The number of amides is 2. The van der Waals surface area contributed by atoms with Crippen LogP contribution in [-0.2, 0) is 11.2 Å². The van der Waals surface area contributed by atoms with Gasteiger partial charge in [-0.25, -0.2) is 13.8 Å². The minimum absolute atomic E-state index is 0.0883. The molecule has 0 bridgehead atoms. The smallest absolute Gasteiger partial charge is 0.255 e. The first kappa shape index (κ1) is 37.8. The first-order chi connectivity index (χ1) is 25.1. The van der Waals surface area contributed by atoms with Crippen molar-refractivity contribution in [2.75, 3.05) is 51.6 Å². The van der Waals surface area contributed by atoms with Crippen LogP contribution in [0.25, 0.3) is 11.1 Å². The van der Waals surface area contributed by atoms with Gasteiger partial charge in [-0.15, -0.1) is 0 Å². The maximum atomic E-state index is 14.4. The number of benzene rings is 2. The number of nitrogens with one attached hydrogen (secondary N) is 3. The molecule has 1 aromatic heterocycles. The number of hydrogen-bond donors (Lipinski definition) is 4. The Labute approximate surface area is 318 Å². The van der Waals surface area contributed by atoms with Gasteiger partial charge in [-0.1, -0.05) is 59.0 Å². The quantitative estimate of drug-likeness (QED) is 0.110. The van der Waals surface area contributed by atoms with Gasteiger partial charge in [0.2, 0.25) is 5.91 Å². The fourth-order valence-electron chi connectivity index (χ4n) is 6.82. The SMILES string of the molecule is CN1CCN(CCc2ccc(-c3cccc(Nc4ncc(F)cc4C(=O)NC4CCC(NC(=O)C(N)CN5C=C(F)C=CC5I)CC4)c3)cc2)CC1. The predicted octanol–water partition coefficient (Wildman–Crippen LogP) is 5.35. The third-order valence-electron chi connectivity index (χ3n) is 10.00. The number of piperazine rings is 1. The Hall–Kier alpha value is -3.92. The molecule has 13 heteroatoms. The summed E-state index contributed by atoms with van der Waals surface area (Å²) in [6.07, 6.45) is 9.14. The zero-order valence-corrected chi connectivity index (χ0v) is 31.6. The summed E-state index contributed by atoms with van der Waals surface area (Å²) in [7, 11) is 2.17. The second-order valence-corrected chi connectivity index (χ2v) is 15.2. The highest BCUT2D eigenvalue weighted by Crippen LogP contribution is 2.27. The van der Waals surface area contributed by atoms with Gasteiger partial charge < -0.3 is 36.4 Å². The molecule has 2 fully saturated rings. The van der Waals surface area contributed by atoms with Gasteiger partial charge in [0, 0.05) is 63.2 Å². The Morgan fingerprint density at radius 3 is 2.40 bits per heavy atom. The van der Waals surface area contributed by atoms with Crippen LogP contribution in [0.3, 0.4) is 0 Å². The van der Waals surface area contributed by atoms with Crippen LogP contribution in [0, 0.1) is 5.82 Å². The number of pyridine rings is 1. The van der Waals surface area contributed by atoms with Gasteiger partial charge in [0.25, 0.3) is 5.91 Å². The van der Waals surface area contributed by atoms with E-state index in [1.807, 2.05) is 24.3 Å². The first-order valence-electron chi connectivity index (χ1n) is 17.9. The van der Waals surface area contributed by atoms with Crippen molar-refractivity contribution < 1.29 is 18.4 Å². The summed E-state index contributed by atoms with van der Waals surface area (Å²) in [4.78, 5) is 37.1. The number of hydrogen-bond acceptors (Lipinski definition) is 8. The Morgan fingerprint density at radius 2 is 1.67 bits per heavy atom. The topological polar surface area (TPSA) is 119 Å². The van der Waals surface area contributed by atoms with Crippen LogP contribution in [0.2, 0.25) is 0 Å². The van der Waals surface area contributed by atoms with E-state index < -0.39 is 17.8 Å². The summed E-state index contributed by atoms with van der Waals surface area (Å²) in [6.45, 7) is 5.70. The fourth-order valence-corrected chi connectivity index (χ4v) is 7.42. The molecular formula is C39H47F2IN8O2. The summed E-state index contributed by atoms with van der Waals surface area (Å²) >= 11 is 2.15. The minimum Gasteiger partial charge on any atom is -0.358 e. The van der Waals surface area contributed by atoms with Crippen LogP contribution >= 0.6 is 22.6 Å². The monoisotopic (exact) mass is 824 g/mol. The van der Waals surface area contributed by atoms with Crippen molar-refractivity contribution in [1.29, 1.82) is 0 Å². The number of carbonyl (C=O) groups excluding carboxylic acids is 2. The zero-order valence-electron chi connectivity index (χ0n) is 29.4. The Kier molecular flexibility index (Phi) is 12.9. The third kappa shape index (κ3) is 10.4. The van der Waals surface area contributed by atoms with E-state index in [0.29, 0.717) is 25.7 Å². The molecule has 3 heterocycles. The average molecular weight is 825 g/mol. The lowest BCUT2D eigenvalue weighted by atomic mass is 9.90. The number of aromatic nitrogens is 1. The molecular weight excluding hydrogens is 777 g/mol. The molecule has 1 aliphatic carbocycles. The number of anilines is 2. The first-order valence-corrected chi connectivity index (χ1v) is 19.2. The number of allylic oxidation sites excluding steroid dienone is 2. The third-order valence-corrected chi connectivity index (χ3v) is 11.1. The van der Waals surface area contributed by atoms with Crippen LogP contribution < -0.4 is 21.7 Å². The second kappa shape index (κ2) is 17.7. The molecule has 2 atom stereocenters. The van der Waals surface area contributed by atoms with Gasteiger partial charge in [-0.3, -0.25) is 9.59 Å². The number of likely N-dealkylation sites (N-methyl/N-ethyl adjacent to an activating group) is 1. The van der Waals surface area contributed by atoms with Gasteiger partial charge in [-0.2, -0.15) is 0 Å². The van der Waals surface area contributed by atoms with Crippen molar-refractivity contribution in [2.24, 2.45) is 5.73 Å². The molecule has 0 spiro atoms. The van der Waals surface area contributed by atoms with Gasteiger partial charge >= 0.3 is 0 Å². The molecule has 2 amide bonds. The highest BCUT2D eigenvalue weighted by molar-refractivity contribution is 14.1. The van der Waals surface area contributed by atoms with Crippen molar-refractivity contribution in [3.8, 4) is 11.1 Å². The number of alkyl halides is 1. The fraction of sp³-hybridized carbons (Fsp3) is 0.410. The van der Waals surface area contributed by atoms with E-state index in [9.17, 15) is 18.4 Å². The number of carbonyl (C=O) groups is 2. The van der Waals surface area contributed by atoms with Crippen LogP contribution in [0.15, 0.2) is 85.0 Å². The van der Waals surface area contributed by atoms with E-state index >= 15 is 0 Å². The molecule has 1 saturated carbocycles. The normalized spacial score (nSPS) is 21.7. The molecule has 2 aliphatic heterocycles. The maximum Gasteiger partial charge on any atom is 0.255 e. The maximum absolute atomic E-state index is 14.4. The van der Waals surface area contributed by atoms with Gasteiger partial charge in [-0.05, 0) is 86.2 Å². The van der Waals surface area contributed by atoms with Gasteiger partial charge in [0.1, 0.15) is 23.5 Å². The molecule has 2 unspecified atom stereocenters. The number of halogens is 3. The molecule has 2 aromatic carbocycles. The van der Waals surface area contributed by atoms with Crippen molar-refractivity contribution in [3.63, 3.8) is 0 Å². The van der Waals surface area contributed by atoms with E-state index in [2.05, 4.69) is 84.6 Å². The molecule has 52 heavy (non-hydrogen) atoms. The summed E-state index contributed by atoms with van der Waals surface area (Å²) < 4.78 is 28.0. The molecule has 1 saturated heterocycles. The molecule has 10 nitrogen and oxygen atoms in total. The molecule has 6 rings (SSSR count). The highest BCUT2D eigenvalue weighted by Gasteiger charge is 2.28. The largest absolute Gasteiger partial charge is 0.358 e. The lowest BCUT2D eigenvalue weighted by Crippen LogP contribution is -2.52. The van der Waals surface area contributed by atoms with E-state index in [-0.39, 0.29) is 45.8 Å². The van der Waals surface area contributed by atoms with Gasteiger partial charge in [0.15, 0.2) is 0 Å². The summed E-state index contributed by atoms with van der Waals surface area (Å²) in [5, 5.41) is 9.28. The van der Waals surface area contributed by atoms with Crippen LogP contribution in [0.5, 0.6) is 0 Å². The van der Waals surface area contributed by atoms with Crippen molar-refractivity contribution in [3.05, 3.63) is 102 Å². The van der Waals surface area contributed by atoms with Crippen molar-refractivity contribution in [1.82, 2.24) is 30.3 Å². The van der Waals surface area contributed by atoms with E-state index in [4.69, 9.17) is 5.73 Å². The van der Waals surface area contributed by atoms with E-state index in [1.54, 1.807) is 11.0 Å². The molecule has 3 aromatic rings. The number of rotatable bonds is 12. The predicted molar refractivity (Wildman–Crippen MR) is 209 cm³/mol. The Bertz CT molecular complexity index is 1760.